The van der Waals surface area contributed by atoms with E-state index < -0.39 is 0 Å². The molecule has 2 bridgehead atoms. The van der Waals surface area contributed by atoms with E-state index in [2.05, 4.69) is 35.9 Å². The second kappa shape index (κ2) is 2.35. The minimum atomic E-state index is 0.609. The molecule has 62 valence electrons. The van der Waals surface area contributed by atoms with Crippen LogP contribution in [0, 0.1) is 17.3 Å². The summed E-state index contributed by atoms with van der Waals surface area (Å²) in [6.07, 6.45) is 5.22. The Labute approximate surface area is 77.2 Å². The minimum absolute atomic E-state index is 0.609. The second-order valence-corrected chi connectivity index (χ2v) is 5.02. The minimum Gasteiger partial charge on any atom is -0.0880 e. The van der Waals surface area contributed by atoms with Gasteiger partial charge in [0.15, 0.2) is 0 Å². The van der Waals surface area contributed by atoms with Crippen LogP contribution >= 0.6 is 15.9 Å². The van der Waals surface area contributed by atoms with Crippen LogP contribution in [0.15, 0.2) is 11.6 Å². The second-order valence-electron chi connectivity index (χ2n) is 4.45. The van der Waals surface area contributed by atoms with Gasteiger partial charge in [-0.1, -0.05) is 41.4 Å². The Balaban J connectivity index is 2.23. The van der Waals surface area contributed by atoms with Crippen LogP contribution < -0.4 is 0 Å². The van der Waals surface area contributed by atoms with Gasteiger partial charge < -0.3 is 0 Å². The molecule has 11 heavy (non-hydrogen) atoms. The van der Waals surface area contributed by atoms with Crippen LogP contribution in [0.1, 0.15) is 26.7 Å². The average molecular weight is 215 g/mol. The van der Waals surface area contributed by atoms with Crippen molar-refractivity contribution >= 4 is 15.9 Å². The van der Waals surface area contributed by atoms with E-state index in [1.54, 1.807) is 5.57 Å². The number of fused-ring (bicyclic) bond motifs is 1. The van der Waals surface area contributed by atoms with Crippen LogP contribution in [0.3, 0.4) is 0 Å². The number of hydrogen-bond donors (Lipinski definition) is 0. The Morgan fingerprint density at radius 2 is 2.36 bits per heavy atom. The Morgan fingerprint density at radius 1 is 1.64 bits per heavy atom. The van der Waals surface area contributed by atoms with Gasteiger partial charge in [-0.3, -0.25) is 0 Å². The maximum Gasteiger partial charge on any atom is 0.0244 e. The third kappa shape index (κ3) is 0.932. The van der Waals surface area contributed by atoms with Crippen LogP contribution in [0.25, 0.3) is 0 Å². The normalized spacial score (nSPS) is 39.4. The molecule has 1 fully saturated rings. The van der Waals surface area contributed by atoms with E-state index in [0.717, 1.165) is 17.2 Å². The average Bonchev–Trinajstić information content (AvgIpc) is 2.04. The van der Waals surface area contributed by atoms with Crippen molar-refractivity contribution < 1.29 is 0 Å². The van der Waals surface area contributed by atoms with E-state index in [4.69, 9.17) is 0 Å². The first-order valence-electron chi connectivity index (χ1n) is 4.41. The Kier molecular flexibility index (Phi) is 1.68. The smallest absolute Gasteiger partial charge is 0.0244 e. The Bertz CT molecular complexity index is 203. The number of halogens is 1. The number of hydrogen-bond acceptors (Lipinski definition) is 0. The highest BCUT2D eigenvalue weighted by atomic mass is 79.9. The summed E-state index contributed by atoms with van der Waals surface area (Å²) >= 11 is 3.56. The highest BCUT2D eigenvalue weighted by molar-refractivity contribution is 9.09. The predicted octanol–water partition coefficient (Wildman–Crippen LogP) is 3.37. The van der Waals surface area contributed by atoms with Crippen molar-refractivity contribution in [3.63, 3.8) is 0 Å². The summed E-state index contributed by atoms with van der Waals surface area (Å²) < 4.78 is 0. The third-order valence-corrected chi connectivity index (χ3v) is 4.38. The Hall–Kier alpha value is 0.220. The molecule has 0 amide bonds. The first-order valence-corrected chi connectivity index (χ1v) is 5.53. The maximum atomic E-state index is 3.56. The van der Waals surface area contributed by atoms with Gasteiger partial charge in [0.05, 0.1) is 0 Å². The zero-order chi connectivity index (χ0) is 8.06. The first-order chi connectivity index (χ1) is 5.16. The van der Waals surface area contributed by atoms with Crippen LogP contribution in [0.4, 0.5) is 0 Å². The molecule has 0 unspecified atom stereocenters. The Morgan fingerprint density at radius 3 is 2.73 bits per heavy atom. The van der Waals surface area contributed by atoms with Gasteiger partial charge in [0.1, 0.15) is 0 Å². The van der Waals surface area contributed by atoms with Gasteiger partial charge in [-0.05, 0) is 30.1 Å². The van der Waals surface area contributed by atoms with E-state index in [1.807, 2.05) is 0 Å². The van der Waals surface area contributed by atoms with Crippen molar-refractivity contribution in [2.24, 2.45) is 17.3 Å². The van der Waals surface area contributed by atoms with Crippen molar-refractivity contribution in [1.29, 1.82) is 0 Å². The monoisotopic (exact) mass is 214 g/mol. The van der Waals surface area contributed by atoms with E-state index in [1.165, 1.54) is 12.8 Å². The summed E-state index contributed by atoms with van der Waals surface area (Å²) in [5, 5.41) is 1.09. The van der Waals surface area contributed by atoms with Gasteiger partial charge >= 0.3 is 0 Å². The molecule has 0 nitrogen and oxygen atoms in total. The van der Waals surface area contributed by atoms with Crippen molar-refractivity contribution in [3.8, 4) is 0 Å². The molecule has 1 saturated carbocycles. The zero-order valence-corrected chi connectivity index (χ0v) is 8.82. The fraction of sp³-hybridized carbons (Fsp3) is 0.800. The lowest BCUT2D eigenvalue weighted by atomic mass is 9.49. The van der Waals surface area contributed by atoms with Crippen LogP contribution in [0.2, 0.25) is 0 Å². The number of alkyl halides is 1. The largest absolute Gasteiger partial charge is 0.0880 e. The van der Waals surface area contributed by atoms with Gasteiger partial charge in [-0.2, -0.15) is 0 Å². The zero-order valence-electron chi connectivity index (χ0n) is 7.23. The molecule has 0 aromatic heterocycles. The number of allylic oxidation sites excluding steroid dienone is 2. The molecule has 3 aliphatic carbocycles. The molecular weight excluding hydrogens is 200 g/mol. The quantitative estimate of drug-likeness (QED) is 0.464. The fourth-order valence-corrected chi connectivity index (χ4v) is 3.25. The molecule has 0 saturated heterocycles. The van der Waals surface area contributed by atoms with E-state index >= 15 is 0 Å². The molecule has 3 rings (SSSR count). The van der Waals surface area contributed by atoms with Crippen molar-refractivity contribution in [1.82, 2.24) is 0 Å². The molecule has 0 aromatic carbocycles. The molecule has 0 N–H and O–H groups in total. The lowest BCUT2D eigenvalue weighted by Crippen LogP contribution is -2.48. The summed E-state index contributed by atoms with van der Waals surface area (Å²) in [7, 11) is 0. The molecule has 3 aliphatic rings. The van der Waals surface area contributed by atoms with Gasteiger partial charge in [0, 0.05) is 5.33 Å². The SMILES string of the molecule is CC1(C)[C@H]2CC=C(CBr)[C@@H]1C2. The molecule has 0 aliphatic heterocycles. The maximum absolute atomic E-state index is 3.56. The van der Waals surface area contributed by atoms with Crippen LogP contribution in [0.5, 0.6) is 0 Å². The standard InChI is InChI=1S/C10H15Br/c1-10(2)8-4-3-7(6-11)9(10)5-8/h3,8-9H,4-6H2,1-2H3/t8-,9-/m0/s1. The van der Waals surface area contributed by atoms with E-state index in [0.29, 0.717) is 5.41 Å². The van der Waals surface area contributed by atoms with Crippen LogP contribution in [-0.2, 0) is 0 Å². The van der Waals surface area contributed by atoms with Crippen molar-refractivity contribution in [3.05, 3.63) is 11.6 Å². The fourth-order valence-electron chi connectivity index (χ4n) is 2.63. The molecule has 0 spiro atoms. The molecule has 0 aromatic rings. The highest BCUT2D eigenvalue weighted by Crippen LogP contribution is 2.59. The summed E-state index contributed by atoms with van der Waals surface area (Å²) in [4.78, 5) is 0. The van der Waals surface area contributed by atoms with E-state index in [-0.39, 0.29) is 0 Å². The van der Waals surface area contributed by atoms with Crippen molar-refractivity contribution in [2.75, 3.05) is 5.33 Å². The lowest BCUT2D eigenvalue weighted by molar-refractivity contribution is -0.00526. The number of rotatable bonds is 1. The highest BCUT2D eigenvalue weighted by Gasteiger charge is 2.50. The van der Waals surface area contributed by atoms with Crippen molar-refractivity contribution in [2.45, 2.75) is 26.7 Å². The van der Waals surface area contributed by atoms with Crippen LogP contribution in [-0.4, -0.2) is 5.33 Å². The first kappa shape index (κ1) is 7.85. The topological polar surface area (TPSA) is 0 Å². The van der Waals surface area contributed by atoms with Gasteiger partial charge in [0.25, 0.3) is 0 Å². The predicted molar refractivity (Wildman–Crippen MR) is 51.9 cm³/mol. The summed E-state index contributed by atoms with van der Waals surface area (Å²) in [5.74, 6) is 1.87. The summed E-state index contributed by atoms with van der Waals surface area (Å²) in [6.45, 7) is 4.84. The van der Waals surface area contributed by atoms with Gasteiger partial charge in [0.2, 0.25) is 0 Å². The third-order valence-electron chi connectivity index (χ3n) is 3.74. The van der Waals surface area contributed by atoms with Gasteiger partial charge in [-0.25, -0.2) is 0 Å². The molecule has 2 atom stereocenters. The summed E-state index contributed by atoms with van der Waals surface area (Å²) in [5.41, 5.74) is 2.26. The lowest BCUT2D eigenvalue weighted by Gasteiger charge is -2.56. The molecule has 1 heteroatoms. The molecular formula is C10H15Br. The molecule has 0 heterocycles. The summed E-state index contributed by atoms with van der Waals surface area (Å²) in [6, 6.07) is 0. The van der Waals surface area contributed by atoms with E-state index in [9.17, 15) is 0 Å². The molecule has 0 radical (unpaired) electrons. The van der Waals surface area contributed by atoms with Gasteiger partial charge in [-0.15, -0.1) is 0 Å².